The molecule has 0 spiro atoms. The third-order valence-electron chi connectivity index (χ3n) is 1.57. The van der Waals surface area contributed by atoms with Crippen LogP contribution in [0.3, 0.4) is 0 Å². The SMILES string of the molecule is C=C(C)C(=O)CCC(C)OP(=O)(O)O. The molecule has 1 unspecified atom stereocenters. The minimum atomic E-state index is -4.44. The summed E-state index contributed by atoms with van der Waals surface area (Å²) >= 11 is 0. The maximum atomic E-state index is 11.1. The first-order valence-electron chi connectivity index (χ1n) is 4.15. The molecule has 0 aliphatic heterocycles. The van der Waals surface area contributed by atoms with Gasteiger partial charge in [0, 0.05) is 6.42 Å². The Balaban J connectivity index is 3.86. The molecule has 0 heterocycles. The van der Waals surface area contributed by atoms with Crippen molar-refractivity contribution in [3.63, 3.8) is 0 Å². The first kappa shape index (κ1) is 13.5. The highest BCUT2D eigenvalue weighted by molar-refractivity contribution is 7.46. The molecular weight excluding hydrogens is 207 g/mol. The monoisotopic (exact) mass is 222 g/mol. The zero-order valence-electron chi connectivity index (χ0n) is 8.27. The van der Waals surface area contributed by atoms with Crippen LogP contribution in [0.15, 0.2) is 12.2 Å². The van der Waals surface area contributed by atoms with Crippen LogP contribution in [0.2, 0.25) is 0 Å². The van der Waals surface area contributed by atoms with Crippen LogP contribution in [-0.4, -0.2) is 21.7 Å². The molecule has 5 nitrogen and oxygen atoms in total. The first-order valence-corrected chi connectivity index (χ1v) is 5.68. The van der Waals surface area contributed by atoms with Crippen LogP contribution >= 0.6 is 7.82 Å². The van der Waals surface area contributed by atoms with Crippen molar-refractivity contribution in [2.24, 2.45) is 0 Å². The summed E-state index contributed by atoms with van der Waals surface area (Å²) in [7, 11) is -4.44. The molecule has 0 aromatic heterocycles. The highest BCUT2D eigenvalue weighted by atomic mass is 31.2. The van der Waals surface area contributed by atoms with Crippen LogP contribution in [0, 0.1) is 0 Å². The predicted molar refractivity (Wildman–Crippen MR) is 51.6 cm³/mol. The number of hydrogen-bond acceptors (Lipinski definition) is 3. The van der Waals surface area contributed by atoms with Crippen LogP contribution in [-0.2, 0) is 13.9 Å². The van der Waals surface area contributed by atoms with E-state index in [0.29, 0.717) is 5.57 Å². The molecule has 0 bridgehead atoms. The second kappa shape index (κ2) is 5.41. The van der Waals surface area contributed by atoms with E-state index in [1.54, 1.807) is 6.92 Å². The van der Waals surface area contributed by atoms with Crippen molar-refractivity contribution < 1.29 is 23.7 Å². The predicted octanol–water partition coefficient (Wildman–Crippen LogP) is 1.41. The van der Waals surface area contributed by atoms with Crippen molar-refractivity contribution >= 4 is 13.6 Å². The van der Waals surface area contributed by atoms with E-state index in [-0.39, 0.29) is 18.6 Å². The summed E-state index contributed by atoms with van der Waals surface area (Å²) in [5.41, 5.74) is 0.438. The standard InChI is InChI=1S/C8H15O5P/c1-6(2)8(9)5-4-7(3)13-14(10,11)12/h7H,1,4-5H2,2-3H3,(H2,10,11,12). The number of phosphoric acid groups is 1. The van der Waals surface area contributed by atoms with E-state index in [2.05, 4.69) is 11.1 Å². The van der Waals surface area contributed by atoms with E-state index in [0.717, 1.165) is 0 Å². The molecule has 2 N–H and O–H groups in total. The third kappa shape index (κ3) is 6.97. The molecule has 0 fully saturated rings. The zero-order valence-corrected chi connectivity index (χ0v) is 9.16. The van der Waals surface area contributed by atoms with Crippen LogP contribution in [0.25, 0.3) is 0 Å². The van der Waals surface area contributed by atoms with E-state index in [4.69, 9.17) is 9.79 Å². The Labute approximate surface area is 83.0 Å². The zero-order chi connectivity index (χ0) is 11.4. The number of ketones is 1. The van der Waals surface area contributed by atoms with Gasteiger partial charge in [-0.3, -0.25) is 9.32 Å². The van der Waals surface area contributed by atoms with Gasteiger partial charge in [0.05, 0.1) is 6.10 Å². The second-order valence-electron chi connectivity index (χ2n) is 3.15. The molecule has 0 aromatic rings. The van der Waals surface area contributed by atoms with Crippen molar-refractivity contribution in [3.05, 3.63) is 12.2 Å². The van der Waals surface area contributed by atoms with Crippen molar-refractivity contribution in [2.45, 2.75) is 32.8 Å². The summed E-state index contributed by atoms with van der Waals surface area (Å²) in [6.45, 7) is 6.56. The van der Waals surface area contributed by atoms with Gasteiger partial charge in [0.1, 0.15) is 0 Å². The van der Waals surface area contributed by atoms with Gasteiger partial charge in [0.25, 0.3) is 0 Å². The number of phosphoric ester groups is 1. The molecule has 0 aromatic carbocycles. The smallest absolute Gasteiger partial charge is 0.303 e. The van der Waals surface area contributed by atoms with E-state index in [9.17, 15) is 9.36 Å². The lowest BCUT2D eigenvalue weighted by atomic mass is 10.1. The second-order valence-corrected chi connectivity index (χ2v) is 4.34. The lowest BCUT2D eigenvalue weighted by molar-refractivity contribution is -0.116. The van der Waals surface area contributed by atoms with Gasteiger partial charge in [-0.2, -0.15) is 0 Å². The summed E-state index contributed by atoms with van der Waals surface area (Å²) in [6.07, 6.45) is -0.174. The van der Waals surface area contributed by atoms with Crippen LogP contribution < -0.4 is 0 Å². The summed E-state index contributed by atoms with van der Waals surface area (Å²) in [5, 5.41) is 0. The summed E-state index contributed by atoms with van der Waals surface area (Å²) in [4.78, 5) is 28.0. The van der Waals surface area contributed by atoms with Gasteiger partial charge >= 0.3 is 7.82 Å². The largest absolute Gasteiger partial charge is 0.469 e. The van der Waals surface area contributed by atoms with Crippen LogP contribution in [0.4, 0.5) is 0 Å². The van der Waals surface area contributed by atoms with Crippen molar-refractivity contribution in [2.75, 3.05) is 0 Å². The summed E-state index contributed by atoms with van der Waals surface area (Å²) in [5.74, 6) is -0.119. The quantitative estimate of drug-likeness (QED) is 0.524. The molecule has 1 atom stereocenters. The van der Waals surface area contributed by atoms with Gasteiger partial charge in [-0.25, -0.2) is 4.57 Å². The van der Waals surface area contributed by atoms with Gasteiger partial charge in [0.2, 0.25) is 0 Å². The Hall–Kier alpha value is -0.480. The molecule has 0 saturated heterocycles. The van der Waals surface area contributed by atoms with Crippen molar-refractivity contribution in [3.8, 4) is 0 Å². The Morgan fingerprint density at radius 1 is 1.57 bits per heavy atom. The van der Waals surface area contributed by atoms with Gasteiger partial charge in [-0.1, -0.05) is 6.58 Å². The average molecular weight is 222 g/mol. The third-order valence-corrected chi connectivity index (χ3v) is 2.21. The minimum Gasteiger partial charge on any atom is -0.303 e. The molecule has 0 aliphatic carbocycles. The lowest BCUT2D eigenvalue weighted by Gasteiger charge is -2.12. The topological polar surface area (TPSA) is 83.8 Å². The Morgan fingerprint density at radius 2 is 2.07 bits per heavy atom. The number of carbonyl (C=O) groups is 1. The van der Waals surface area contributed by atoms with Gasteiger partial charge < -0.3 is 9.79 Å². The number of rotatable bonds is 6. The number of hydrogen-bond donors (Lipinski definition) is 2. The highest BCUT2D eigenvalue weighted by Crippen LogP contribution is 2.38. The van der Waals surface area contributed by atoms with Gasteiger partial charge in [-0.15, -0.1) is 0 Å². The van der Waals surface area contributed by atoms with E-state index in [1.807, 2.05) is 0 Å². The molecule has 0 amide bonds. The molecule has 6 heteroatoms. The van der Waals surface area contributed by atoms with Crippen LogP contribution in [0.1, 0.15) is 26.7 Å². The molecule has 14 heavy (non-hydrogen) atoms. The Bertz CT molecular complexity index is 267. The maximum absolute atomic E-state index is 11.1. The molecule has 0 rings (SSSR count). The number of Topliss-reactive ketones (excluding diaryl/α,β-unsaturated/α-hetero) is 1. The Kier molecular flexibility index (Phi) is 5.23. The number of carbonyl (C=O) groups excluding carboxylic acids is 1. The van der Waals surface area contributed by atoms with Crippen molar-refractivity contribution in [1.82, 2.24) is 0 Å². The first-order chi connectivity index (χ1) is 6.22. The fraction of sp³-hybridized carbons (Fsp3) is 0.625. The summed E-state index contributed by atoms with van der Waals surface area (Å²) < 4.78 is 14.7. The van der Waals surface area contributed by atoms with Crippen LogP contribution in [0.5, 0.6) is 0 Å². The molecule has 0 radical (unpaired) electrons. The summed E-state index contributed by atoms with van der Waals surface area (Å²) in [6, 6.07) is 0. The fourth-order valence-corrected chi connectivity index (χ4v) is 1.41. The molecule has 0 saturated carbocycles. The maximum Gasteiger partial charge on any atom is 0.469 e. The highest BCUT2D eigenvalue weighted by Gasteiger charge is 2.19. The van der Waals surface area contributed by atoms with E-state index in [1.165, 1.54) is 6.92 Å². The average Bonchev–Trinajstić information content (AvgIpc) is 1.96. The van der Waals surface area contributed by atoms with Crippen molar-refractivity contribution in [1.29, 1.82) is 0 Å². The number of allylic oxidation sites excluding steroid dienone is 1. The molecule has 82 valence electrons. The van der Waals surface area contributed by atoms with Gasteiger partial charge in [0.15, 0.2) is 5.78 Å². The van der Waals surface area contributed by atoms with Gasteiger partial charge in [-0.05, 0) is 25.8 Å². The Morgan fingerprint density at radius 3 is 2.43 bits per heavy atom. The molecular formula is C8H15O5P. The van der Waals surface area contributed by atoms with E-state index < -0.39 is 13.9 Å². The minimum absolute atomic E-state index is 0.119. The van der Waals surface area contributed by atoms with E-state index >= 15 is 0 Å². The molecule has 0 aliphatic rings. The normalized spacial score (nSPS) is 13.7. The fourth-order valence-electron chi connectivity index (χ4n) is 0.835. The lowest BCUT2D eigenvalue weighted by Crippen LogP contribution is -2.09.